The van der Waals surface area contributed by atoms with Gasteiger partial charge in [0, 0.05) is 12.2 Å². The lowest BCUT2D eigenvalue weighted by molar-refractivity contribution is 0.700. The van der Waals surface area contributed by atoms with Gasteiger partial charge in [-0.2, -0.15) is 0 Å². The number of rotatable bonds is 2. The molecule has 0 fully saturated rings. The fourth-order valence-corrected chi connectivity index (χ4v) is 1.74. The van der Waals surface area contributed by atoms with E-state index in [4.69, 9.17) is 0 Å². The van der Waals surface area contributed by atoms with Crippen molar-refractivity contribution in [2.24, 2.45) is 4.99 Å². The maximum Gasteiger partial charge on any atom is 0.196 e. The molecule has 15 heavy (non-hydrogen) atoms. The summed E-state index contributed by atoms with van der Waals surface area (Å²) in [5, 5.41) is 6.65. The summed E-state index contributed by atoms with van der Waals surface area (Å²) < 4.78 is 0. The average Bonchev–Trinajstić information content (AvgIpc) is 2.26. The van der Waals surface area contributed by atoms with Crippen LogP contribution in [-0.2, 0) is 0 Å². The van der Waals surface area contributed by atoms with Crippen LogP contribution in [0.5, 0.6) is 0 Å². The van der Waals surface area contributed by atoms with Crippen molar-refractivity contribution in [2.45, 2.75) is 26.3 Å². The Labute approximate surface area is 90.6 Å². The highest BCUT2D eigenvalue weighted by molar-refractivity contribution is 5.96. The third kappa shape index (κ3) is 2.12. The third-order valence-electron chi connectivity index (χ3n) is 2.53. The number of aliphatic imine (C=N–C) groups is 1. The van der Waals surface area contributed by atoms with Crippen LogP contribution in [0.1, 0.15) is 31.9 Å². The fraction of sp³-hybridized carbons (Fsp3) is 0.417. The van der Waals surface area contributed by atoms with Gasteiger partial charge in [-0.15, -0.1) is 0 Å². The molecule has 0 saturated heterocycles. The standard InChI is InChI=1S/C12H17N3/c1-3-8-13-12-14-9(2)10-6-4-5-7-11(10)15-12/h4-7,9H,3,8H2,1-2H3,(H2,13,14,15). The van der Waals surface area contributed by atoms with Gasteiger partial charge in [0.15, 0.2) is 5.96 Å². The quantitative estimate of drug-likeness (QED) is 0.775. The van der Waals surface area contributed by atoms with Crippen LogP contribution in [0, 0.1) is 0 Å². The molecule has 1 atom stereocenters. The predicted molar refractivity (Wildman–Crippen MR) is 64.2 cm³/mol. The molecule has 1 aliphatic rings. The molecule has 0 aliphatic carbocycles. The van der Waals surface area contributed by atoms with Gasteiger partial charge in [-0.1, -0.05) is 25.1 Å². The minimum absolute atomic E-state index is 0.332. The zero-order chi connectivity index (χ0) is 10.7. The summed E-state index contributed by atoms with van der Waals surface area (Å²) in [7, 11) is 0. The minimum Gasteiger partial charge on any atom is -0.350 e. The Hall–Kier alpha value is -1.51. The van der Waals surface area contributed by atoms with Gasteiger partial charge in [0.1, 0.15) is 0 Å². The van der Waals surface area contributed by atoms with Gasteiger partial charge in [-0.3, -0.25) is 4.99 Å². The van der Waals surface area contributed by atoms with Crippen molar-refractivity contribution in [1.82, 2.24) is 5.32 Å². The SMILES string of the molecule is CCCN=C1Nc2ccccc2C(C)N1. The van der Waals surface area contributed by atoms with Crippen molar-refractivity contribution in [3.05, 3.63) is 29.8 Å². The summed E-state index contributed by atoms with van der Waals surface area (Å²) in [4.78, 5) is 4.45. The molecule has 0 radical (unpaired) electrons. The second-order valence-electron chi connectivity index (χ2n) is 3.81. The highest BCUT2D eigenvalue weighted by Gasteiger charge is 2.17. The maximum atomic E-state index is 4.45. The smallest absolute Gasteiger partial charge is 0.196 e. The van der Waals surface area contributed by atoms with E-state index >= 15 is 0 Å². The molecule has 1 aliphatic heterocycles. The topological polar surface area (TPSA) is 36.4 Å². The van der Waals surface area contributed by atoms with Gasteiger partial charge < -0.3 is 10.6 Å². The molecule has 1 heterocycles. The summed E-state index contributed by atoms with van der Waals surface area (Å²) in [6, 6.07) is 8.66. The Morgan fingerprint density at radius 3 is 2.93 bits per heavy atom. The predicted octanol–water partition coefficient (Wildman–Crippen LogP) is 2.53. The van der Waals surface area contributed by atoms with Crippen LogP contribution in [0.2, 0.25) is 0 Å². The third-order valence-corrected chi connectivity index (χ3v) is 2.53. The first kappa shape index (κ1) is 10.0. The second kappa shape index (κ2) is 4.34. The average molecular weight is 203 g/mol. The number of benzene rings is 1. The highest BCUT2D eigenvalue weighted by atomic mass is 15.2. The van der Waals surface area contributed by atoms with E-state index in [1.165, 1.54) is 11.3 Å². The molecule has 1 aromatic carbocycles. The Balaban J connectivity index is 2.22. The molecule has 0 bridgehead atoms. The highest BCUT2D eigenvalue weighted by Crippen LogP contribution is 2.25. The van der Waals surface area contributed by atoms with Crippen LogP contribution in [0.15, 0.2) is 29.3 Å². The Kier molecular flexibility index (Phi) is 2.90. The van der Waals surface area contributed by atoms with Crippen molar-refractivity contribution in [3.8, 4) is 0 Å². The first-order valence-electron chi connectivity index (χ1n) is 5.48. The van der Waals surface area contributed by atoms with Gasteiger partial charge in [0.2, 0.25) is 0 Å². The zero-order valence-electron chi connectivity index (χ0n) is 9.25. The first-order chi connectivity index (χ1) is 7.31. The van der Waals surface area contributed by atoms with E-state index < -0.39 is 0 Å². The van der Waals surface area contributed by atoms with Crippen LogP contribution in [0.4, 0.5) is 5.69 Å². The molecule has 0 spiro atoms. The van der Waals surface area contributed by atoms with Crippen molar-refractivity contribution >= 4 is 11.6 Å². The van der Waals surface area contributed by atoms with E-state index in [9.17, 15) is 0 Å². The van der Waals surface area contributed by atoms with Gasteiger partial charge in [-0.05, 0) is 25.0 Å². The number of nitrogens with one attached hydrogen (secondary N) is 2. The molecule has 2 N–H and O–H groups in total. The summed E-state index contributed by atoms with van der Waals surface area (Å²) in [6.07, 6.45) is 1.07. The largest absolute Gasteiger partial charge is 0.350 e. The van der Waals surface area contributed by atoms with Gasteiger partial charge in [0.05, 0.1) is 6.04 Å². The van der Waals surface area contributed by atoms with Gasteiger partial charge in [0.25, 0.3) is 0 Å². The monoisotopic (exact) mass is 203 g/mol. The van der Waals surface area contributed by atoms with Crippen LogP contribution in [0.25, 0.3) is 0 Å². The van der Waals surface area contributed by atoms with E-state index in [2.05, 4.69) is 47.7 Å². The molecular formula is C12H17N3. The number of nitrogens with zero attached hydrogens (tertiary/aromatic N) is 1. The van der Waals surface area contributed by atoms with Gasteiger partial charge in [-0.25, -0.2) is 0 Å². The normalized spacial score (nSPS) is 21.7. The number of hydrogen-bond acceptors (Lipinski definition) is 1. The van der Waals surface area contributed by atoms with E-state index in [0.717, 1.165) is 18.9 Å². The first-order valence-corrected chi connectivity index (χ1v) is 5.48. The number of anilines is 1. The zero-order valence-corrected chi connectivity index (χ0v) is 9.25. The molecule has 0 saturated carbocycles. The summed E-state index contributed by atoms with van der Waals surface area (Å²) in [5.41, 5.74) is 2.46. The lowest BCUT2D eigenvalue weighted by Crippen LogP contribution is -2.38. The maximum absolute atomic E-state index is 4.45. The number of para-hydroxylation sites is 1. The van der Waals surface area contributed by atoms with Crippen molar-refractivity contribution in [3.63, 3.8) is 0 Å². The van der Waals surface area contributed by atoms with Crippen LogP contribution >= 0.6 is 0 Å². The summed E-state index contributed by atoms with van der Waals surface area (Å²) >= 11 is 0. The van der Waals surface area contributed by atoms with Crippen molar-refractivity contribution in [1.29, 1.82) is 0 Å². The van der Waals surface area contributed by atoms with Crippen LogP contribution in [-0.4, -0.2) is 12.5 Å². The molecule has 2 rings (SSSR count). The Morgan fingerprint density at radius 1 is 1.33 bits per heavy atom. The molecule has 0 aromatic heterocycles. The summed E-state index contributed by atoms with van der Waals surface area (Å²) in [5.74, 6) is 0.892. The lowest BCUT2D eigenvalue weighted by atomic mass is 10.0. The summed E-state index contributed by atoms with van der Waals surface area (Å²) in [6.45, 7) is 5.15. The Bertz CT molecular complexity index is 371. The van der Waals surface area contributed by atoms with E-state index in [1.54, 1.807) is 0 Å². The number of guanidine groups is 1. The lowest BCUT2D eigenvalue weighted by Gasteiger charge is -2.27. The second-order valence-corrected chi connectivity index (χ2v) is 3.81. The Morgan fingerprint density at radius 2 is 2.13 bits per heavy atom. The van der Waals surface area contributed by atoms with Crippen LogP contribution < -0.4 is 10.6 Å². The molecule has 1 unspecified atom stereocenters. The molecule has 80 valence electrons. The number of hydrogen-bond donors (Lipinski definition) is 2. The van der Waals surface area contributed by atoms with Crippen LogP contribution in [0.3, 0.4) is 0 Å². The van der Waals surface area contributed by atoms with Crippen molar-refractivity contribution < 1.29 is 0 Å². The van der Waals surface area contributed by atoms with E-state index in [-0.39, 0.29) is 0 Å². The molecule has 1 aromatic rings. The molecule has 0 amide bonds. The minimum atomic E-state index is 0.332. The molecular weight excluding hydrogens is 186 g/mol. The molecule has 3 heteroatoms. The van der Waals surface area contributed by atoms with E-state index in [0.29, 0.717) is 6.04 Å². The van der Waals surface area contributed by atoms with Crippen molar-refractivity contribution in [2.75, 3.05) is 11.9 Å². The van der Waals surface area contributed by atoms with E-state index in [1.807, 2.05) is 6.07 Å². The molecule has 3 nitrogen and oxygen atoms in total. The fourth-order valence-electron chi connectivity index (χ4n) is 1.74. The number of fused-ring (bicyclic) bond motifs is 1. The van der Waals surface area contributed by atoms with Gasteiger partial charge >= 0.3 is 0 Å².